The first kappa shape index (κ1) is 25.5. The molecule has 0 bridgehead atoms. The Morgan fingerprint density at radius 3 is 1.20 bits per heavy atom. The van der Waals surface area contributed by atoms with E-state index < -0.39 is 0 Å². The van der Waals surface area contributed by atoms with Gasteiger partial charge in [0, 0.05) is 48.3 Å². The summed E-state index contributed by atoms with van der Waals surface area (Å²) in [5.41, 5.74) is 5.15. The van der Waals surface area contributed by atoms with Gasteiger partial charge in [0.25, 0.3) is 0 Å². The standard InChI is InChI=1S/C38H34N2/c1-3-15-31(16-4-1)29-39(37-25-13-21-33-19-7-9-23-35(33)37)27-11-12-28-40(30-32-17-5-2-6-18-32)38-26-14-22-34-20-8-10-24-36(34)38/h1-26H,27-30H2/b12-11+. The van der Waals surface area contributed by atoms with E-state index in [1.54, 1.807) is 0 Å². The number of nitrogens with zero attached hydrogens (tertiary/aromatic N) is 2. The Morgan fingerprint density at radius 1 is 0.375 bits per heavy atom. The molecule has 0 N–H and O–H groups in total. The fourth-order valence-corrected chi connectivity index (χ4v) is 5.48. The summed E-state index contributed by atoms with van der Waals surface area (Å²) in [5, 5.41) is 5.12. The zero-order valence-corrected chi connectivity index (χ0v) is 22.7. The molecular formula is C38H34N2. The average molecular weight is 519 g/mol. The third kappa shape index (κ3) is 5.92. The van der Waals surface area contributed by atoms with E-state index in [0.717, 1.165) is 26.2 Å². The molecule has 0 aliphatic heterocycles. The molecule has 196 valence electrons. The summed E-state index contributed by atoms with van der Waals surface area (Å²) in [5.74, 6) is 0. The van der Waals surface area contributed by atoms with Gasteiger partial charge in [-0.3, -0.25) is 0 Å². The monoisotopic (exact) mass is 518 g/mol. The molecular weight excluding hydrogens is 484 g/mol. The summed E-state index contributed by atoms with van der Waals surface area (Å²) in [6.07, 6.45) is 4.65. The average Bonchev–Trinajstić information content (AvgIpc) is 3.02. The maximum atomic E-state index is 2.48. The molecule has 0 aromatic heterocycles. The van der Waals surface area contributed by atoms with E-state index in [1.807, 2.05) is 0 Å². The third-order valence-electron chi connectivity index (χ3n) is 7.47. The van der Waals surface area contributed by atoms with Crippen LogP contribution in [0.15, 0.2) is 158 Å². The van der Waals surface area contributed by atoms with E-state index in [9.17, 15) is 0 Å². The van der Waals surface area contributed by atoms with Gasteiger partial charge in [-0.15, -0.1) is 0 Å². The van der Waals surface area contributed by atoms with Crippen molar-refractivity contribution in [2.75, 3.05) is 22.9 Å². The summed E-state index contributed by atoms with van der Waals surface area (Å²) in [6, 6.07) is 52.1. The zero-order chi connectivity index (χ0) is 27.0. The minimum Gasteiger partial charge on any atom is -0.363 e. The Morgan fingerprint density at radius 2 is 0.750 bits per heavy atom. The number of rotatable bonds is 10. The van der Waals surface area contributed by atoms with Crippen molar-refractivity contribution in [3.05, 3.63) is 169 Å². The molecule has 2 heteroatoms. The van der Waals surface area contributed by atoms with Crippen LogP contribution in [0.2, 0.25) is 0 Å². The largest absolute Gasteiger partial charge is 0.363 e. The highest BCUT2D eigenvalue weighted by Crippen LogP contribution is 2.29. The van der Waals surface area contributed by atoms with Crippen LogP contribution in [0.25, 0.3) is 21.5 Å². The number of fused-ring (bicyclic) bond motifs is 2. The van der Waals surface area contributed by atoms with Crippen molar-refractivity contribution < 1.29 is 0 Å². The molecule has 2 nitrogen and oxygen atoms in total. The SMILES string of the molecule is C(=C\CN(Cc1ccccc1)c1cccc2ccccc12)/CN(Cc1ccccc1)c1cccc2ccccc12. The third-order valence-corrected chi connectivity index (χ3v) is 7.47. The van der Waals surface area contributed by atoms with Crippen molar-refractivity contribution in [1.82, 2.24) is 0 Å². The van der Waals surface area contributed by atoms with E-state index in [1.165, 1.54) is 44.0 Å². The summed E-state index contributed by atoms with van der Waals surface area (Å²) < 4.78 is 0. The Hall–Kier alpha value is -4.82. The van der Waals surface area contributed by atoms with Crippen LogP contribution in [0.5, 0.6) is 0 Å². The van der Waals surface area contributed by atoms with E-state index in [2.05, 4.69) is 168 Å². The van der Waals surface area contributed by atoms with E-state index in [0.29, 0.717) is 0 Å². The first-order valence-corrected chi connectivity index (χ1v) is 14.0. The van der Waals surface area contributed by atoms with E-state index in [4.69, 9.17) is 0 Å². The van der Waals surface area contributed by atoms with Gasteiger partial charge >= 0.3 is 0 Å². The molecule has 6 rings (SSSR count). The molecule has 0 radical (unpaired) electrons. The zero-order valence-electron chi connectivity index (χ0n) is 22.7. The van der Waals surface area contributed by atoms with Crippen LogP contribution in [-0.2, 0) is 13.1 Å². The van der Waals surface area contributed by atoms with Gasteiger partial charge in [0.15, 0.2) is 0 Å². The van der Waals surface area contributed by atoms with Crippen LogP contribution < -0.4 is 9.80 Å². The van der Waals surface area contributed by atoms with Crippen molar-refractivity contribution in [3.8, 4) is 0 Å². The van der Waals surface area contributed by atoms with Crippen molar-refractivity contribution in [3.63, 3.8) is 0 Å². The van der Waals surface area contributed by atoms with Gasteiger partial charge in [0.05, 0.1) is 0 Å². The molecule has 0 fully saturated rings. The minimum atomic E-state index is 0.831. The lowest BCUT2D eigenvalue weighted by molar-refractivity contribution is 0.853. The van der Waals surface area contributed by atoms with Gasteiger partial charge in [-0.05, 0) is 34.0 Å². The first-order chi connectivity index (χ1) is 19.8. The van der Waals surface area contributed by atoms with Crippen molar-refractivity contribution in [1.29, 1.82) is 0 Å². The normalized spacial score (nSPS) is 11.3. The summed E-state index contributed by atoms with van der Waals surface area (Å²) in [4.78, 5) is 4.96. The maximum Gasteiger partial charge on any atom is 0.0451 e. The molecule has 0 atom stereocenters. The van der Waals surface area contributed by atoms with Crippen molar-refractivity contribution in [2.24, 2.45) is 0 Å². The molecule has 6 aromatic rings. The molecule has 0 saturated carbocycles. The van der Waals surface area contributed by atoms with Crippen molar-refractivity contribution >= 4 is 32.9 Å². The number of anilines is 2. The summed E-state index contributed by atoms with van der Waals surface area (Å²) >= 11 is 0. The van der Waals surface area contributed by atoms with Crippen LogP contribution in [-0.4, -0.2) is 13.1 Å². The van der Waals surface area contributed by atoms with Gasteiger partial charge in [0.1, 0.15) is 0 Å². The number of hydrogen-bond acceptors (Lipinski definition) is 2. The Bertz CT molecular complexity index is 1570. The second-order valence-corrected chi connectivity index (χ2v) is 10.2. The van der Waals surface area contributed by atoms with Gasteiger partial charge in [0.2, 0.25) is 0 Å². The quantitative estimate of drug-likeness (QED) is 0.167. The van der Waals surface area contributed by atoms with Crippen LogP contribution >= 0.6 is 0 Å². The number of hydrogen-bond donors (Lipinski definition) is 0. The van der Waals surface area contributed by atoms with Gasteiger partial charge in [-0.1, -0.05) is 146 Å². The highest BCUT2D eigenvalue weighted by molar-refractivity contribution is 5.95. The molecule has 0 aliphatic rings. The topological polar surface area (TPSA) is 6.48 Å². The van der Waals surface area contributed by atoms with Crippen LogP contribution in [0.3, 0.4) is 0 Å². The van der Waals surface area contributed by atoms with Crippen molar-refractivity contribution in [2.45, 2.75) is 13.1 Å². The molecule has 0 unspecified atom stereocenters. The molecule has 40 heavy (non-hydrogen) atoms. The highest BCUT2D eigenvalue weighted by Gasteiger charge is 2.12. The number of benzene rings is 6. The Kier molecular flexibility index (Phi) is 7.87. The Labute approximate surface area is 237 Å². The summed E-state index contributed by atoms with van der Waals surface area (Å²) in [7, 11) is 0. The van der Waals surface area contributed by atoms with Gasteiger partial charge in [-0.2, -0.15) is 0 Å². The fourth-order valence-electron chi connectivity index (χ4n) is 5.48. The fraction of sp³-hybridized carbons (Fsp3) is 0.105. The lowest BCUT2D eigenvalue weighted by atomic mass is 10.1. The van der Waals surface area contributed by atoms with E-state index in [-0.39, 0.29) is 0 Å². The molecule has 0 amide bonds. The van der Waals surface area contributed by atoms with Crippen LogP contribution in [0.1, 0.15) is 11.1 Å². The van der Waals surface area contributed by atoms with Crippen LogP contribution in [0.4, 0.5) is 11.4 Å². The Balaban J connectivity index is 1.28. The molecule has 0 spiro atoms. The molecule has 0 saturated heterocycles. The molecule has 0 heterocycles. The van der Waals surface area contributed by atoms with Gasteiger partial charge in [-0.25, -0.2) is 0 Å². The first-order valence-electron chi connectivity index (χ1n) is 14.0. The second-order valence-electron chi connectivity index (χ2n) is 10.2. The smallest absolute Gasteiger partial charge is 0.0451 e. The summed E-state index contributed by atoms with van der Waals surface area (Å²) in [6.45, 7) is 3.38. The van der Waals surface area contributed by atoms with Crippen LogP contribution in [0, 0.1) is 0 Å². The highest BCUT2D eigenvalue weighted by atomic mass is 15.1. The maximum absolute atomic E-state index is 2.48. The molecule has 0 aliphatic carbocycles. The van der Waals surface area contributed by atoms with E-state index >= 15 is 0 Å². The lowest BCUT2D eigenvalue weighted by Crippen LogP contribution is -2.25. The lowest BCUT2D eigenvalue weighted by Gasteiger charge is -2.27. The predicted octanol–water partition coefficient (Wildman–Crippen LogP) is 9.26. The minimum absolute atomic E-state index is 0.831. The predicted molar refractivity (Wildman–Crippen MR) is 172 cm³/mol. The van der Waals surface area contributed by atoms with Gasteiger partial charge < -0.3 is 9.80 Å². The molecule has 6 aromatic carbocycles. The second kappa shape index (κ2) is 12.4.